The van der Waals surface area contributed by atoms with Crippen LogP contribution in [-0.4, -0.2) is 11.3 Å². The number of ether oxygens (including phenoxy) is 1. The van der Waals surface area contributed by atoms with Crippen LogP contribution in [0.3, 0.4) is 0 Å². The zero-order chi connectivity index (χ0) is 10.6. The fourth-order valence-corrected chi connectivity index (χ4v) is 1.44. The number of carbonyl (C=O) groups excluding carboxylic acids is 1. The molecule has 0 amide bonds. The van der Waals surface area contributed by atoms with Crippen LogP contribution in [0.4, 0.5) is 0 Å². The number of alkyl halides is 1. The van der Waals surface area contributed by atoms with E-state index in [0.717, 1.165) is 4.47 Å². The molecule has 0 aliphatic carbocycles. The number of rotatable bonds is 3. The first-order valence-electron chi connectivity index (χ1n) is 3.62. The first kappa shape index (κ1) is 11.2. The van der Waals surface area contributed by atoms with Crippen molar-refractivity contribution in [3.05, 3.63) is 28.2 Å². The smallest absolute Gasteiger partial charge is 0.238 e. The van der Waals surface area contributed by atoms with Crippen LogP contribution >= 0.6 is 31.9 Å². The molecule has 3 nitrogen and oxygen atoms in total. The normalized spacial score (nSPS) is 11.5. The minimum Gasteiger partial charge on any atom is -0.464 e. The van der Waals surface area contributed by atoms with E-state index in [4.69, 9.17) is 10.00 Å². The first-order valence-corrected chi connectivity index (χ1v) is 5.33. The highest BCUT2D eigenvalue weighted by Gasteiger charge is 2.08. The van der Waals surface area contributed by atoms with E-state index in [9.17, 15) is 4.79 Å². The predicted octanol–water partition coefficient (Wildman–Crippen LogP) is 2.88. The van der Waals surface area contributed by atoms with Gasteiger partial charge in [-0.1, -0.05) is 15.9 Å². The summed E-state index contributed by atoms with van der Waals surface area (Å²) in [6.07, 6.45) is 0.678. The lowest BCUT2D eigenvalue weighted by Crippen LogP contribution is -2.05. The van der Waals surface area contributed by atoms with Crippen LogP contribution in [0.2, 0.25) is 0 Å². The van der Waals surface area contributed by atoms with Gasteiger partial charge in [-0.3, -0.25) is 4.79 Å². The van der Waals surface area contributed by atoms with Crippen LogP contribution in [0.25, 0.3) is 0 Å². The van der Waals surface area contributed by atoms with Gasteiger partial charge in [-0.2, -0.15) is 5.26 Å². The van der Waals surface area contributed by atoms with Crippen molar-refractivity contribution in [2.45, 2.75) is 5.01 Å². The van der Waals surface area contributed by atoms with Crippen molar-refractivity contribution >= 4 is 38.1 Å². The van der Waals surface area contributed by atoms with Crippen LogP contribution < -0.4 is 4.74 Å². The lowest BCUT2D eigenvalue weighted by atomic mass is 10.2. The second-order valence-corrected chi connectivity index (χ2v) is 4.11. The van der Waals surface area contributed by atoms with Crippen molar-refractivity contribution in [3.63, 3.8) is 0 Å². The summed E-state index contributed by atoms with van der Waals surface area (Å²) in [6.45, 7) is 0. The number of hydrogen-bond donors (Lipinski definition) is 0. The van der Waals surface area contributed by atoms with Gasteiger partial charge in [-0.25, -0.2) is 0 Å². The van der Waals surface area contributed by atoms with Crippen LogP contribution in [-0.2, 0) is 0 Å². The van der Waals surface area contributed by atoms with Gasteiger partial charge < -0.3 is 4.74 Å². The molecule has 1 unspecified atom stereocenters. The second-order valence-electron chi connectivity index (χ2n) is 2.36. The average Bonchev–Trinajstić information content (AvgIpc) is 2.20. The maximum atomic E-state index is 10.7. The maximum Gasteiger partial charge on any atom is 0.238 e. The van der Waals surface area contributed by atoms with E-state index in [1.165, 1.54) is 0 Å². The molecule has 0 aromatic heterocycles. The molecule has 0 aliphatic heterocycles. The number of halogens is 2. The van der Waals surface area contributed by atoms with E-state index in [2.05, 4.69) is 31.9 Å². The first-order chi connectivity index (χ1) is 6.67. The summed E-state index contributed by atoms with van der Waals surface area (Å²) in [7, 11) is 0. The van der Waals surface area contributed by atoms with E-state index >= 15 is 0 Å². The van der Waals surface area contributed by atoms with Crippen LogP contribution in [0, 0.1) is 11.3 Å². The van der Waals surface area contributed by atoms with Crippen molar-refractivity contribution < 1.29 is 9.53 Å². The molecule has 0 heterocycles. The van der Waals surface area contributed by atoms with Crippen molar-refractivity contribution in [2.24, 2.45) is 0 Å². The molecule has 0 saturated heterocycles. The third kappa shape index (κ3) is 2.82. The van der Waals surface area contributed by atoms with Gasteiger partial charge in [-0.05, 0) is 34.1 Å². The Balaban J connectivity index is 2.97. The van der Waals surface area contributed by atoms with Crippen LogP contribution in [0.5, 0.6) is 5.75 Å². The monoisotopic (exact) mass is 317 g/mol. The Bertz CT molecular complexity index is 387. The Morgan fingerprint density at radius 1 is 1.57 bits per heavy atom. The molecule has 0 saturated carbocycles. The van der Waals surface area contributed by atoms with Gasteiger partial charge in [-0.15, -0.1) is 0 Å². The third-order valence-corrected chi connectivity index (χ3v) is 2.32. The van der Waals surface area contributed by atoms with E-state index in [1.54, 1.807) is 18.2 Å². The topological polar surface area (TPSA) is 50.1 Å². The SMILES string of the molecule is N#CC(Br)Oc1ccc(Br)cc1C=O. The van der Waals surface area contributed by atoms with Crippen molar-refractivity contribution in [1.82, 2.24) is 0 Å². The quantitative estimate of drug-likeness (QED) is 0.636. The summed E-state index contributed by atoms with van der Waals surface area (Å²) >= 11 is 6.21. The molecular weight excluding hydrogens is 314 g/mol. The summed E-state index contributed by atoms with van der Waals surface area (Å²) < 4.78 is 5.93. The molecule has 0 radical (unpaired) electrons. The molecule has 14 heavy (non-hydrogen) atoms. The summed E-state index contributed by atoms with van der Waals surface area (Å²) in [5, 5.41) is 7.75. The zero-order valence-corrected chi connectivity index (χ0v) is 10.1. The summed E-state index contributed by atoms with van der Waals surface area (Å²) in [5.74, 6) is 0.381. The highest BCUT2D eigenvalue weighted by molar-refractivity contribution is 9.10. The van der Waals surface area contributed by atoms with Gasteiger partial charge in [0.25, 0.3) is 0 Å². The fourth-order valence-electron chi connectivity index (χ4n) is 0.857. The largest absolute Gasteiger partial charge is 0.464 e. The number of nitrogens with zero attached hydrogens (tertiary/aromatic N) is 1. The second kappa shape index (κ2) is 5.13. The average molecular weight is 319 g/mol. The van der Waals surface area contributed by atoms with Gasteiger partial charge in [0.1, 0.15) is 11.8 Å². The van der Waals surface area contributed by atoms with E-state index in [-0.39, 0.29) is 0 Å². The maximum absolute atomic E-state index is 10.7. The zero-order valence-electron chi connectivity index (χ0n) is 6.91. The molecule has 72 valence electrons. The molecule has 0 N–H and O–H groups in total. The van der Waals surface area contributed by atoms with Gasteiger partial charge in [0, 0.05) is 4.47 Å². The number of carbonyl (C=O) groups is 1. The van der Waals surface area contributed by atoms with Crippen LogP contribution in [0.15, 0.2) is 22.7 Å². The Morgan fingerprint density at radius 3 is 2.86 bits per heavy atom. The van der Waals surface area contributed by atoms with Gasteiger partial charge in [0.2, 0.25) is 5.01 Å². The van der Waals surface area contributed by atoms with Crippen molar-refractivity contribution in [2.75, 3.05) is 0 Å². The summed E-state index contributed by atoms with van der Waals surface area (Å²) in [4.78, 5) is 10.7. The lowest BCUT2D eigenvalue weighted by molar-refractivity contribution is 0.112. The van der Waals surface area contributed by atoms with Gasteiger partial charge >= 0.3 is 0 Å². The molecule has 1 aromatic carbocycles. The Morgan fingerprint density at radius 2 is 2.29 bits per heavy atom. The molecule has 0 fully saturated rings. The predicted molar refractivity (Wildman–Crippen MR) is 58.5 cm³/mol. The molecule has 5 heteroatoms. The Labute approximate surface area is 97.9 Å². The molecule has 0 aliphatic rings. The van der Waals surface area contributed by atoms with Gasteiger partial charge in [0.15, 0.2) is 6.29 Å². The molecule has 1 atom stereocenters. The third-order valence-electron chi connectivity index (χ3n) is 1.43. The molecule has 0 spiro atoms. The lowest BCUT2D eigenvalue weighted by Gasteiger charge is -2.08. The minimum atomic E-state index is -0.748. The summed E-state index contributed by atoms with van der Waals surface area (Å²) in [6, 6.07) is 6.83. The van der Waals surface area contributed by atoms with E-state index in [1.807, 2.05) is 6.07 Å². The molecule has 1 rings (SSSR count). The van der Waals surface area contributed by atoms with Gasteiger partial charge in [0.05, 0.1) is 5.56 Å². The van der Waals surface area contributed by atoms with Crippen LogP contribution in [0.1, 0.15) is 10.4 Å². The van der Waals surface area contributed by atoms with E-state index < -0.39 is 5.01 Å². The number of nitriles is 1. The highest BCUT2D eigenvalue weighted by atomic mass is 79.9. The number of benzene rings is 1. The number of aldehydes is 1. The summed E-state index contributed by atoms with van der Waals surface area (Å²) in [5.41, 5.74) is 0.402. The number of hydrogen-bond acceptors (Lipinski definition) is 3. The molecular formula is C9H5Br2NO2. The van der Waals surface area contributed by atoms with Crippen molar-refractivity contribution in [1.29, 1.82) is 5.26 Å². The standard InChI is InChI=1S/C9H5Br2NO2/c10-7-1-2-8(6(3-7)5-13)14-9(11)4-12/h1-3,5,9H. The Kier molecular flexibility index (Phi) is 4.11. The van der Waals surface area contributed by atoms with Crippen molar-refractivity contribution in [3.8, 4) is 11.8 Å². The highest BCUT2D eigenvalue weighted by Crippen LogP contribution is 2.23. The Hall–Kier alpha value is -0.860. The minimum absolute atomic E-state index is 0.381. The van der Waals surface area contributed by atoms with E-state index in [0.29, 0.717) is 17.6 Å². The molecule has 1 aromatic rings. The fraction of sp³-hybridized carbons (Fsp3) is 0.111. The molecule has 0 bridgehead atoms.